The Hall–Kier alpha value is -2.18. The van der Waals surface area contributed by atoms with Gasteiger partial charge in [0.05, 0.1) is 0 Å². The van der Waals surface area contributed by atoms with Crippen LogP contribution in [0.4, 0.5) is 11.6 Å². The fourth-order valence-electron chi connectivity index (χ4n) is 1.61. The minimum Gasteiger partial charge on any atom is -0.370 e. The van der Waals surface area contributed by atoms with Gasteiger partial charge in [0, 0.05) is 25.6 Å². The van der Waals surface area contributed by atoms with E-state index in [9.17, 15) is 0 Å². The summed E-state index contributed by atoms with van der Waals surface area (Å²) in [5.41, 5.74) is 0. The summed E-state index contributed by atoms with van der Waals surface area (Å²) in [6.45, 7) is 5.59. The summed E-state index contributed by atoms with van der Waals surface area (Å²) < 4.78 is 4.68. The van der Waals surface area contributed by atoms with Crippen molar-refractivity contribution in [2.45, 2.75) is 26.7 Å². The van der Waals surface area contributed by atoms with Crippen molar-refractivity contribution >= 4 is 11.6 Å². The van der Waals surface area contributed by atoms with Gasteiger partial charge in [0.25, 0.3) is 0 Å². The smallest absolute Gasteiger partial charge is 0.213 e. The van der Waals surface area contributed by atoms with E-state index in [1.807, 2.05) is 13.0 Å². The SMILES string of the molecule is CCCNc1cc(NCCc2ncon2)nc(C)n1. The highest BCUT2D eigenvalue weighted by Gasteiger charge is 2.02. The molecule has 0 unspecified atom stereocenters. The average Bonchev–Trinajstić information content (AvgIpc) is 2.89. The fraction of sp³-hybridized carbons (Fsp3) is 0.500. The predicted octanol–water partition coefficient (Wildman–Crippen LogP) is 1.64. The number of rotatable bonds is 7. The summed E-state index contributed by atoms with van der Waals surface area (Å²) in [5, 5.41) is 10.2. The molecule has 2 aromatic heterocycles. The Bertz CT molecular complexity index is 499. The number of hydrogen-bond acceptors (Lipinski definition) is 7. The van der Waals surface area contributed by atoms with Crippen molar-refractivity contribution in [3.63, 3.8) is 0 Å². The average molecular weight is 262 g/mol. The topological polar surface area (TPSA) is 88.8 Å². The van der Waals surface area contributed by atoms with Crippen LogP contribution in [0.5, 0.6) is 0 Å². The molecule has 2 N–H and O–H groups in total. The lowest BCUT2D eigenvalue weighted by molar-refractivity contribution is 0.410. The number of nitrogens with one attached hydrogen (secondary N) is 2. The largest absolute Gasteiger partial charge is 0.370 e. The molecule has 0 atom stereocenters. The van der Waals surface area contributed by atoms with Crippen LogP contribution in [0, 0.1) is 6.92 Å². The number of anilines is 2. The lowest BCUT2D eigenvalue weighted by Crippen LogP contribution is -2.10. The zero-order chi connectivity index (χ0) is 13.5. The lowest BCUT2D eigenvalue weighted by Gasteiger charge is -2.08. The van der Waals surface area contributed by atoms with Gasteiger partial charge in [-0.3, -0.25) is 0 Å². The van der Waals surface area contributed by atoms with Gasteiger partial charge in [-0.05, 0) is 13.3 Å². The third-order valence-corrected chi connectivity index (χ3v) is 2.46. The molecule has 102 valence electrons. The van der Waals surface area contributed by atoms with Crippen LogP contribution in [0.2, 0.25) is 0 Å². The molecule has 0 saturated heterocycles. The zero-order valence-corrected chi connectivity index (χ0v) is 11.2. The molecule has 0 aliphatic heterocycles. The Kier molecular flexibility index (Phi) is 4.66. The second kappa shape index (κ2) is 6.67. The van der Waals surface area contributed by atoms with E-state index in [0.717, 1.165) is 30.4 Å². The summed E-state index contributed by atoms with van der Waals surface area (Å²) in [4.78, 5) is 12.6. The van der Waals surface area contributed by atoms with Crippen molar-refractivity contribution < 1.29 is 4.52 Å². The predicted molar refractivity (Wildman–Crippen MR) is 72.0 cm³/mol. The summed E-state index contributed by atoms with van der Waals surface area (Å²) in [6.07, 6.45) is 3.08. The van der Waals surface area contributed by atoms with Gasteiger partial charge in [0.2, 0.25) is 6.39 Å². The van der Waals surface area contributed by atoms with E-state index in [-0.39, 0.29) is 0 Å². The van der Waals surface area contributed by atoms with Crippen LogP contribution >= 0.6 is 0 Å². The van der Waals surface area contributed by atoms with Crippen molar-refractivity contribution in [2.75, 3.05) is 23.7 Å². The molecule has 0 aliphatic rings. The minimum absolute atomic E-state index is 0.683. The van der Waals surface area contributed by atoms with Gasteiger partial charge in [-0.25, -0.2) is 9.97 Å². The molecule has 2 heterocycles. The lowest BCUT2D eigenvalue weighted by atomic mass is 10.4. The summed E-state index contributed by atoms with van der Waals surface area (Å²) in [7, 11) is 0. The van der Waals surface area contributed by atoms with E-state index in [2.05, 4.69) is 42.2 Å². The minimum atomic E-state index is 0.683. The molecule has 2 aromatic rings. The Morgan fingerprint density at radius 2 is 1.89 bits per heavy atom. The molecule has 0 fully saturated rings. The quantitative estimate of drug-likeness (QED) is 0.784. The standard InChI is InChI=1S/C12H18N6O/c1-3-5-13-11-7-12(17-9(2)16-11)14-6-4-10-15-8-19-18-10/h7-8H,3-6H2,1-2H3,(H2,13,14,16,17). The molecule has 0 aromatic carbocycles. The highest BCUT2D eigenvalue weighted by Crippen LogP contribution is 2.11. The van der Waals surface area contributed by atoms with Crippen LogP contribution in [-0.4, -0.2) is 33.2 Å². The van der Waals surface area contributed by atoms with Gasteiger partial charge in [-0.1, -0.05) is 12.1 Å². The van der Waals surface area contributed by atoms with Crippen LogP contribution in [0.3, 0.4) is 0 Å². The third kappa shape index (κ3) is 4.20. The molecule has 0 radical (unpaired) electrons. The van der Waals surface area contributed by atoms with Gasteiger partial charge in [-0.2, -0.15) is 4.98 Å². The first-order valence-corrected chi connectivity index (χ1v) is 6.36. The molecule has 7 heteroatoms. The maximum atomic E-state index is 4.68. The van der Waals surface area contributed by atoms with Crippen LogP contribution in [0.15, 0.2) is 17.0 Å². The van der Waals surface area contributed by atoms with E-state index >= 15 is 0 Å². The molecule has 0 amide bonds. The van der Waals surface area contributed by atoms with Crippen LogP contribution in [-0.2, 0) is 6.42 Å². The number of nitrogens with zero attached hydrogens (tertiary/aromatic N) is 4. The zero-order valence-electron chi connectivity index (χ0n) is 11.2. The van der Waals surface area contributed by atoms with E-state index < -0.39 is 0 Å². The van der Waals surface area contributed by atoms with Crippen molar-refractivity contribution in [3.05, 3.63) is 24.1 Å². The van der Waals surface area contributed by atoms with Gasteiger partial charge < -0.3 is 15.2 Å². The third-order valence-electron chi connectivity index (χ3n) is 2.46. The Balaban J connectivity index is 1.90. The Labute approximate surface area is 111 Å². The first kappa shape index (κ1) is 13.3. The molecule has 0 saturated carbocycles. The number of hydrogen-bond donors (Lipinski definition) is 2. The molecule has 7 nitrogen and oxygen atoms in total. The fourth-order valence-corrected chi connectivity index (χ4v) is 1.61. The van der Waals surface area contributed by atoms with Crippen LogP contribution in [0.25, 0.3) is 0 Å². The summed E-state index contributed by atoms with van der Waals surface area (Å²) >= 11 is 0. The van der Waals surface area contributed by atoms with Crippen LogP contribution in [0.1, 0.15) is 25.0 Å². The normalized spacial score (nSPS) is 10.4. The maximum Gasteiger partial charge on any atom is 0.213 e. The first-order valence-electron chi connectivity index (χ1n) is 6.36. The monoisotopic (exact) mass is 262 g/mol. The second-order valence-corrected chi connectivity index (χ2v) is 4.14. The van der Waals surface area contributed by atoms with Gasteiger partial charge in [0.1, 0.15) is 17.5 Å². The maximum absolute atomic E-state index is 4.68. The van der Waals surface area contributed by atoms with Crippen molar-refractivity contribution in [3.8, 4) is 0 Å². The Morgan fingerprint density at radius 3 is 2.53 bits per heavy atom. The molecular formula is C12H18N6O. The molecule has 2 rings (SSSR count). The molecular weight excluding hydrogens is 244 g/mol. The van der Waals surface area contributed by atoms with Gasteiger partial charge >= 0.3 is 0 Å². The molecule has 0 spiro atoms. The Morgan fingerprint density at radius 1 is 1.16 bits per heavy atom. The first-order chi connectivity index (χ1) is 9.28. The van der Waals surface area contributed by atoms with Gasteiger partial charge in [-0.15, -0.1) is 0 Å². The van der Waals surface area contributed by atoms with Crippen molar-refractivity contribution in [1.29, 1.82) is 0 Å². The van der Waals surface area contributed by atoms with Gasteiger partial charge in [0.15, 0.2) is 5.82 Å². The molecule has 19 heavy (non-hydrogen) atoms. The van der Waals surface area contributed by atoms with E-state index in [1.165, 1.54) is 6.39 Å². The molecule has 0 bridgehead atoms. The molecule has 0 aliphatic carbocycles. The van der Waals surface area contributed by atoms with E-state index in [0.29, 0.717) is 18.8 Å². The second-order valence-electron chi connectivity index (χ2n) is 4.14. The van der Waals surface area contributed by atoms with Crippen molar-refractivity contribution in [1.82, 2.24) is 20.1 Å². The van der Waals surface area contributed by atoms with Crippen LogP contribution < -0.4 is 10.6 Å². The summed E-state index contributed by atoms with van der Waals surface area (Å²) in [6, 6.07) is 1.90. The number of aromatic nitrogens is 4. The van der Waals surface area contributed by atoms with Crippen molar-refractivity contribution in [2.24, 2.45) is 0 Å². The highest BCUT2D eigenvalue weighted by atomic mass is 16.5. The highest BCUT2D eigenvalue weighted by molar-refractivity contribution is 5.47. The van der Waals surface area contributed by atoms with E-state index in [4.69, 9.17) is 0 Å². The van der Waals surface area contributed by atoms with E-state index in [1.54, 1.807) is 0 Å². The summed E-state index contributed by atoms with van der Waals surface area (Å²) in [5.74, 6) is 3.07. The number of aryl methyl sites for hydroxylation is 1.